The topological polar surface area (TPSA) is 113 Å². The summed E-state index contributed by atoms with van der Waals surface area (Å²) in [6, 6.07) is 0. The maximum atomic E-state index is 9.50. The molecule has 0 bridgehead atoms. The fourth-order valence-electron chi connectivity index (χ4n) is 0.781. The Balaban J connectivity index is -0.000000197. The molecule has 4 N–H and O–H groups in total. The van der Waals surface area contributed by atoms with Gasteiger partial charge in [0.1, 0.15) is 0 Å². The monoisotopic (exact) mass is 264 g/mol. The van der Waals surface area contributed by atoms with Gasteiger partial charge in [-0.1, -0.05) is 0 Å². The lowest BCUT2D eigenvalue weighted by Crippen LogP contribution is -2.82. The van der Waals surface area contributed by atoms with E-state index in [1.807, 2.05) is 0 Å². The molecule has 0 atom stereocenters. The molecule has 0 aliphatic carbocycles. The number of aliphatic carboxylic acids is 2. The maximum absolute atomic E-state index is 9.50. The highest BCUT2D eigenvalue weighted by Gasteiger charge is 1.85. The molecule has 0 amide bonds. The van der Waals surface area contributed by atoms with Crippen LogP contribution in [0.15, 0.2) is 0 Å². The number of rotatable bonds is 7. The van der Waals surface area contributed by atoms with Gasteiger partial charge in [0.2, 0.25) is 0 Å². The summed E-state index contributed by atoms with van der Waals surface area (Å²) in [7, 11) is 0. The quantitative estimate of drug-likeness (QED) is 0.495. The zero-order chi connectivity index (χ0) is 14.8. The molecule has 0 aromatic rings. The van der Waals surface area contributed by atoms with Gasteiger partial charge in [-0.3, -0.25) is 0 Å². The largest absolute Gasteiger partial charge is 0.550 e. The number of quaternary nitrogens is 2. The molecule has 0 rings (SSSR count). The smallest absolute Gasteiger partial charge is 0.0726 e. The van der Waals surface area contributed by atoms with Gasteiger partial charge in [-0.15, -0.1) is 0 Å². The van der Waals surface area contributed by atoms with Crippen molar-refractivity contribution in [2.24, 2.45) is 0 Å². The predicted molar refractivity (Wildman–Crippen MR) is 65.3 cm³/mol. The van der Waals surface area contributed by atoms with Crippen LogP contribution in [0.1, 0.15) is 40.5 Å². The van der Waals surface area contributed by atoms with Crippen molar-refractivity contribution in [3.8, 4) is 0 Å². The van der Waals surface area contributed by atoms with E-state index in [0.29, 0.717) is 0 Å². The standard InChI is InChI=1S/2C4H11N.C4H6O4/c2*1-3-5-4-2;5-3(6)1-2-4(7)8/h2*5H,3-4H2,1-2H3;1-2H2,(H,5,6)(H,7,8). The number of carbonyl (C=O) groups is 2. The van der Waals surface area contributed by atoms with Gasteiger partial charge in [0.05, 0.1) is 26.2 Å². The van der Waals surface area contributed by atoms with E-state index in [9.17, 15) is 19.8 Å². The Labute approximate surface area is 110 Å². The number of carboxylic acids is 2. The number of nitrogens with two attached hydrogens (primary N) is 2. The van der Waals surface area contributed by atoms with E-state index in [-0.39, 0.29) is 0 Å². The Morgan fingerprint density at radius 3 is 1.00 bits per heavy atom. The zero-order valence-electron chi connectivity index (χ0n) is 12.0. The maximum Gasteiger partial charge on any atom is 0.0726 e. The lowest BCUT2D eigenvalue weighted by molar-refractivity contribution is -0.648. The second-order valence-corrected chi connectivity index (χ2v) is 3.45. The first kappa shape index (κ1) is 22.1. The molecule has 18 heavy (non-hydrogen) atoms. The lowest BCUT2D eigenvalue weighted by atomic mass is 10.3. The van der Waals surface area contributed by atoms with Gasteiger partial charge >= 0.3 is 0 Å². The van der Waals surface area contributed by atoms with Crippen molar-refractivity contribution in [1.29, 1.82) is 0 Å². The van der Waals surface area contributed by atoms with Crippen molar-refractivity contribution >= 4 is 11.9 Å². The fraction of sp³-hybridized carbons (Fsp3) is 0.833. The van der Waals surface area contributed by atoms with Gasteiger partial charge in [0, 0.05) is 11.9 Å². The van der Waals surface area contributed by atoms with Crippen LogP contribution >= 0.6 is 0 Å². The molecule has 6 heteroatoms. The van der Waals surface area contributed by atoms with Gasteiger partial charge in [0.15, 0.2) is 0 Å². The van der Waals surface area contributed by atoms with Crippen molar-refractivity contribution in [2.75, 3.05) is 26.2 Å². The summed E-state index contributed by atoms with van der Waals surface area (Å²) < 4.78 is 0. The normalized spacial score (nSPS) is 8.44. The molecule has 0 fully saturated rings. The molecule has 0 unspecified atom stereocenters. The molecule has 0 aromatic carbocycles. The molecule has 6 nitrogen and oxygen atoms in total. The minimum atomic E-state index is -1.37. The molecule has 0 aromatic heterocycles. The summed E-state index contributed by atoms with van der Waals surface area (Å²) >= 11 is 0. The van der Waals surface area contributed by atoms with Crippen molar-refractivity contribution in [3.63, 3.8) is 0 Å². The van der Waals surface area contributed by atoms with Gasteiger partial charge in [-0.05, 0) is 40.5 Å². The Morgan fingerprint density at radius 2 is 0.944 bits per heavy atom. The molecule has 0 aliphatic rings. The summed E-state index contributed by atoms with van der Waals surface area (Å²) in [5.41, 5.74) is 0. The highest BCUT2D eigenvalue weighted by molar-refractivity contribution is 5.72. The molecule has 0 aliphatic heterocycles. The summed E-state index contributed by atoms with van der Waals surface area (Å²) in [5, 5.41) is 23.5. The molecule has 0 heterocycles. The summed E-state index contributed by atoms with van der Waals surface area (Å²) in [6.07, 6.45) is -0.940. The van der Waals surface area contributed by atoms with Crippen LogP contribution in [0.4, 0.5) is 0 Å². The van der Waals surface area contributed by atoms with Crippen LogP contribution in [0.25, 0.3) is 0 Å². The second-order valence-electron chi connectivity index (χ2n) is 3.45. The average Bonchev–Trinajstić information content (AvgIpc) is 2.30. The van der Waals surface area contributed by atoms with Crippen molar-refractivity contribution in [3.05, 3.63) is 0 Å². The summed E-state index contributed by atoms with van der Waals surface area (Å²) in [4.78, 5) is 19.0. The molecule has 0 saturated heterocycles. The van der Waals surface area contributed by atoms with Crippen LogP contribution in [0.5, 0.6) is 0 Å². The first-order valence-corrected chi connectivity index (χ1v) is 6.49. The van der Waals surface area contributed by atoms with E-state index in [1.165, 1.54) is 26.2 Å². The SMILES string of the molecule is CC[NH2+]CC.CC[NH2+]CC.O=C([O-])CCC(=O)[O-]. The van der Waals surface area contributed by atoms with Crippen LogP contribution in [-0.4, -0.2) is 38.1 Å². The van der Waals surface area contributed by atoms with Crippen LogP contribution in [0.3, 0.4) is 0 Å². The third-order valence-electron chi connectivity index (χ3n) is 1.69. The highest BCUT2D eigenvalue weighted by Crippen LogP contribution is 1.81. The van der Waals surface area contributed by atoms with Crippen LogP contribution < -0.4 is 20.8 Å². The molecular weight excluding hydrogens is 236 g/mol. The minimum absolute atomic E-state index is 0.470. The highest BCUT2D eigenvalue weighted by atomic mass is 16.4. The van der Waals surface area contributed by atoms with Gasteiger partial charge in [0.25, 0.3) is 0 Å². The van der Waals surface area contributed by atoms with Gasteiger partial charge < -0.3 is 30.4 Å². The number of hydrogen-bond acceptors (Lipinski definition) is 4. The van der Waals surface area contributed by atoms with E-state index >= 15 is 0 Å². The van der Waals surface area contributed by atoms with E-state index < -0.39 is 24.8 Å². The molecule has 0 saturated carbocycles. The Kier molecular flexibility index (Phi) is 26.0. The van der Waals surface area contributed by atoms with E-state index in [4.69, 9.17) is 0 Å². The number of carboxylic acid groups (broad SMARTS) is 2. The molecule has 110 valence electrons. The zero-order valence-corrected chi connectivity index (χ0v) is 12.0. The number of carbonyl (C=O) groups excluding carboxylic acids is 2. The van der Waals surface area contributed by atoms with Gasteiger partial charge in [-0.2, -0.15) is 0 Å². The molecular formula is C12H28N2O4. The molecule has 0 spiro atoms. The van der Waals surface area contributed by atoms with Crippen LogP contribution in [-0.2, 0) is 9.59 Å². The van der Waals surface area contributed by atoms with Crippen LogP contribution in [0.2, 0.25) is 0 Å². The van der Waals surface area contributed by atoms with E-state index in [2.05, 4.69) is 38.3 Å². The lowest BCUT2D eigenvalue weighted by Gasteiger charge is -2.00. The molecule has 0 radical (unpaired) electrons. The third-order valence-corrected chi connectivity index (χ3v) is 1.69. The Hall–Kier alpha value is -1.14. The first-order chi connectivity index (χ1) is 8.45. The summed E-state index contributed by atoms with van der Waals surface area (Å²) in [5.74, 6) is -2.73. The number of hydrogen-bond donors (Lipinski definition) is 2. The first-order valence-electron chi connectivity index (χ1n) is 6.49. The van der Waals surface area contributed by atoms with Crippen molar-refractivity contribution in [1.82, 2.24) is 0 Å². The van der Waals surface area contributed by atoms with Crippen LogP contribution in [0, 0.1) is 0 Å². The minimum Gasteiger partial charge on any atom is -0.550 e. The third kappa shape index (κ3) is 46.2. The average molecular weight is 264 g/mol. The Bertz CT molecular complexity index is 163. The van der Waals surface area contributed by atoms with Crippen molar-refractivity contribution < 1.29 is 30.4 Å². The predicted octanol–water partition coefficient (Wildman–Crippen LogP) is -3.55. The fourth-order valence-corrected chi connectivity index (χ4v) is 0.781. The Morgan fingerprint density at radius 1 is 0.722 bits per heavy atom. The van der Waals surface area contributed by atoms with E-state index in [1.54, 1.807) is 0 Å². The summed E-state index contributed by atoms with van der Waals surface area (Å²) in [6.45, 7) is 13.5. The van der Waals surface area contributed by atoms with Gasteiger partial charge in [-0.25, -0.2) is 0 Å². The van der Waals surface area contributed by atoms with E-state index in [0.717, 1.165) is 0 Å². The second kappa shape index (κ2) is 21.2. The van der Waals surface area contributed by atoms with Crippen molar-refractivity contribution in [2.45, 2.75) is 40.5 Å².